The van der Waals surface area contributed by atoms with Crippen molar-refractivity contribution < 1.29 is 8.91 Å². The molecule has 0 radical (unpaired) electrons. The molecule has 7 heteroatoms. The molecule has 3 aromatic rings. The quantitative estimate of drug-likeness (QED) is 0.717. The predicted octanol–water partition coefficient (Wildman–Crippen LogP) is 3.34. The average molecular weight is 396 g/mol. The van der Waals surface area contributed by atoms with Gasteiger partial charge in [0.2, 0.25) is 5.91 Å². The van der Waals surface area contributed by atoms with E-state index in [9.17, 15) is 4.79 Å². The highest BCUT2D eigenvalue weighted by Gasteiger charge is 2.25. The normalized spacial score (nSPS) is 17.8. The molecule has 1 saturated heterocycles. The molecule has 0 bridgehead atoms. The molecule has 1 aliphatic heterocycles. The topological polar surface area (TPSA) is 75.9 Å². The number of aryl methyl sites for hydroxylation is 1. The summed E-state index contributed by atoms with van der Waals surface area (Å²) in [5, 5.41) is 7.69. The second kappa shape index (κ2) is 8.29. The average Bonchev–Trinajstić information content (AvgIpc) is 3.24. The Balaban J connectivity index is 1.46. The van der Waals surface area contributed by atoms with Crippen molar-refractivity contribution in [2.45, 2.75) is 26.7 Å². The first kappa shape index (κ1) is 16.0. The Morgan fingerprint density at radius 3 is 2.76 bits per heavy atom. The summed E-state index contributed by atoms with van der Waals surface area (Å²) in [4.78, 5) is 23.9. The van der Waals surface area contributed by atoms with Gasteiger partial charge in [0.25, 0.3) is 0 Å². The summed E-state index contributed by atoms with van der Waals surface area (Å²) in [5.41, 5.74) is 2.09. The number of carbonyl (C=O) groups excluding carboxylic acids is 1. The number of rotatable bonds is 5. The van der Waals surface area contributed by atoms with Crippen molar-refractivity contribution in [3.63, 3.8) is 0 Å². The molecule has 0 saturated carbocycles. The van der Waals surface area contributed by atoms with Gasteiger partial charge in [-0.25, -0.2) is 4.98 Å². The van der Waals surface area contributed by atoms with Gasteiger partial charge in [0.1, 0.15) is 5.82 Å². The molecule has 1 fully saturated rings. The Bertz CT molecular complexity index is 1100. The van der Waals surface area contributed by atoms with E-state index in [-0.39, 0.29) is 11.8 Å². The third-order valence-electron chi connectivity index (χ3n) is 5.32. The van der Waals surface area contributed by atoms with Crippen LogP contribution in [0.3, 0.4) is 0 Å². The number of hydrogen-bond donors (Lipinski definition) is 1. The number of piperidine rings is 1. The first-order chi connectivity index (χ1) is 15.2. The summed E-state index contributed by atoms with van der Waals surface area (Å²) in [5.74, 6) is 1.11. The van der Waals surface area contributed by atoms with Crippen molar-refractivity contribution in [1.29, 1.82) is 0 Å². The highest BCUT2D eigenvalue weighted by molar-refractivity contribution is 5.94. The van der Waals surface area contributed by atoms with Gasteiger partial charge < -0.3 is 10.2 Å². The molecule has 0 aromatic carbocycles. The Labute approximate surface area is 175 Å². The summed E-state index contributed by atoms with van der Waals surface area (Å²) in [6.45, 7) is 5.06. The van der Waals surface area contributed by atoms with Crippen LogP contribution < -0.4 is 5.32 Å². The van der Waals surface area contributed by atoms with E-state index in [4.69, 9.17) is 4.11 Å². The SMILES string of the molecule is [2H]C([2H])([2H])n1cc(-c2cnc3cnc(NC(=O)C4CCN(CC(C)C)CC4)cc3c2)cn1. The molecule has 3 aromatic heterocycles. The zero-order valence-electron chi connectivity index (χ0n) is 19.8. The number of fused-ring (bicyclic) bond motifs is 1. The third kappa shape index (κ3) is 4.62. The number of pyridine rings is 2. The van der Waals surface area contributed by atoms with Gasteiger partial charge in [-0.1, -0.05) is 13.8 Å². The molecule has 0 aliphatic carbocycles. The maximum Gasteiger partial charge on any atom is 0.228 e. The number of nitrogens with zero attached hydrogens (tertiary/aromatic N) is 5. The van der Waals surface area contributed by atoms with Crippen LogP contribution in [-0.4, -0.2) is 50.2 Å². The van der Waals surface area contributed by atoms with Crippen LogP contribution in [0.25, 0.3) is 22.0 Å². The summed E-state index contributed by atoms with van der Waals surface area (Å²) >= 11 is 0. The number of anilines is 1. The molecule has 29 heavy (non-hydrogen) atoms. The highest BCUT2D eigenvalue weighted by Crippen LogP contribution is 2.24. The molecule has 152 valence electrons. The molecule has 4 heterocycles. The molecule has 0 spiro atoms. The highest BCUT2D eigenvalue weighted by atomic mass is 16.1. The standard InChI is InChI=1S/C22H28N6O/c1-15(2)13-28-6-4-16(5-7-28)22(29)26-21-9-17-8-18(10-23-20(17)12-24-21)19-11-25-27(3)14-19/h8-12,14-16H,4-7,13H2,1-3H3,(H,24,26,29)/i3D3. The fourth-order valence-electron chi connectivity index (χ4n) is 3.85. The van der Waals surface area contributed by atoms with E-state index in [1.807, 2.05) is 6.07 Å². The Kier molecular flexibility index (Phi) is 4.59. The number of aromatic nitrogens is 4. The van der Waals surface area contributed by atoms with Gasteiger partial charge in [0.05, 0.1) is 17.9 Å². The Morgan fingerprint density at radius 2 is 2.03 bits per heavy atom. The molecule has 0 unspecified atom stereocenters. The maximum atomic E-state index is 12.8. The van der Waals surface area contributed by atoms with E-state index in [0.29, 0.717) is 22.8 Å². The van der Waals surface area contributed by atoms with Crippen LogP contribution in [0.15, 0.2) is 36.9 Å². The van der Waals surface area contributed by atoms with Gasteiger partial charge in [-0.2, -0.15) is 5.10 Å². The van der Waals surface area contributed by atoms with Crippen molar-refractivity contribution in [1.82, 2.24) is 24.6 Å². The van der Waals surface area contributed by atoms with Gasteiger partial charge >= 0.3 is 0 Å². The van der Waals surface area contributed by atoms with Crippen LogP contribution in [0, 0.1) is 11.8 Å². The van der Waals surface area contributed by atoms with Crippen molar-refractivity contribution in [2.24, 2.45) is 18.8 Å². The zero-order chi connectivity index (χ0) is 22.9. The van der Waals surface area contributed by atoms with E-state index in [1.165, 1.54) is 12.4 Å². The number of likely N-dealkylation sites (tertiary alicyclic amines) is 1. The lowest BCUT2D eigenvalue weighted by Gasteiger charge is -2.32. The van der Waals surface area contributed by atoms with E-state index >= 15 is 0 Å². The molecule has 1 aliphatic rings. The van der Waals surface area contributed by atoms with Crippen LogP contribution >= 0.6 is 0 Å². The molecular formula is C22H28N6O. The summed E-state index contributed by atoms with van der Waals surface area (Å²) in [7, 11) is 0. The Morgan fingerprint density at radius 1 is 1.21 bits per heavy atom. The van der Waals surface area contributed by atoms with Crippen molar-refractivity contribution >= 4 is 22.6 Å². The van der Waals surface area contributed by atoms with Crippen molar-refractivity contribution in [2.75, 3.05) is 25.0 Å². The lowest BCUT2D eigenvalue weighted by Crippen LogP contribution is -2.39. The number of nitrogens with one attached hydrogen (secondary N) is 1. The predicted molar refractivity (Wildman–Crippen MR) is 114 cm³/mol. The van der Waals surface area contributed by atoms with Gasteiger partial charge in [-0.05, 0) is 44.0 Å². The first-order valence-electron chi connectivity index (χ1n) is 11.5. The van der Waals surface area contributed by atoms with Crippen molar-refractivity contribution in [3.8, 4) is 11.1 Å². The van der Waals surface area contributed by atoms with Gasteiger partial charge in [-0.15, -0.1) is 0 Å². The number of hydrogen-bond acceptors (Lipinski definition) is 5. The molecule has 7 nitrogen and oxygen atoms in total. The monoisotopic (exact) mass is 395 g/mol. The molecule has 4 rings (SSSR count). The van der Waals surface area contributed by atoms with Gasteiger partial charge in [0.15, 0.2) is 0 Å². The lowest BCUT2D eigenvalue weighted by molar-refractivity contribution is -0.121. The molecule has 1 amide bonds. The second-order valence-electron chi connectivity index (χ2n) is 8.12. The molecular weight excluding hydrogens is 364 g/mol. The van der Waals surface area contributed by atoms with Crippen LogP contribution in [0.1, 0.15) is 30.8 Å². The fourth-order valence-corrected chi connectivity index (χ4v) is 3.85. The lowest BCUT2D eigenvalue weighted by atomic mass is 9.95. The zero-order valence-corrected chi connectivity index (χ0v) is 16.8. The van der Waals surface area contributed by atoms with Crippen LogP contribution in [0.2, 0.25) is 0 Å². The second-order valence-corrected chi connectivity index (χ2v) is 8.12. The van der Waals surface area contributed by atoms with E-state index in [1.54, 1.807) is 18.5 Å². The largest absolute Gasteiger partial charge is 0.310 e. The minimum Gasteiger partial charge on any atom is -0.310 e. The summed E-state index contributed by atoms with van der Waals surface area (Å²) < 4.78 is 23.4. The Hall–Kier alpha value is -2.80. The minimum absolute atomic E-state index is 0.00381. The first-order valence-corrected chi connectivity index (χ1v) is 10.0. The van der Waals surface area contributed by atoms with Gasteiger partial charge in [-0.3, -0.25) is 14.5 Å². The van der Waals surface area contributed by atoms with E-state index in [2.05, 4.69) is 39.1 Å². The van der Waals surface area contributed by atoms with E-state index in [0.717, 1.165) is 48.1 Å². The van der Waals surface area contributed by atoms with E-state index < -0.39 is 6.98 Å². The fraction of sp³-hybridized carbons (Fsp3) is 0.455. The number of amides is 1. The smallest absolute Gasteiger partial charge is 0.228 e. The number of carbonyl (C=O) groups is 1. The minimum atomic E-state index is -2.32. The van der Waals surface area contributed by atoms with Crippen LogP contribution in [-0.2, 0) is 11.8 Å². The third-order valence-corrected chi connectivity index (χ3v) is 5.32. The summed E-state index contributed by atoms with van der Waals surface area (Å²) in [6.07, 6.45) is 7.98. The van der Waals surface area contributed by atoms with Crippen LogP contribution in [0.5, 0.6) is 0 Å². The van der Waals surface area contributed by atoms with Crippen LogP contribution in [0.4, 0.5) is 5.82 Å². The van der Waals surface area contributed by atoms with Gasteiger partial charge in [0, 0.05) is 52.5 Å². The van der Waals surface area contributed by atoms with Crippen molar-refractivity contribution in [3.05, 3.63) is 36.9 Å². The molecule has 1 N–H and O–H groups in total. The maximum absolute atomic E-state index is 12.8. The molecule has 0 atom stereocenters. The summed E-state index contributed by atoms with van der Waals surface area (Å²) in [6, 6.07) is 3.69.